The Morgan fingerprint density at radius 3 is 1.69 bits per heavy atom. The number of hydrogen-bond acceptors (Lipinski definition) is 11. The number of aliphatic hydroxyl groups excluding tert-OH is 1. The lowest BCUT2D eigenvalue weighted by Crippen LogP contribution is -2.33. The van der Waals surface area contributed by atoms with Crippen molar-refractivity contribution in [1.82, 2.24) is 9.80 Å². The molecule has 2 saturated carbocycles. The zero-order valence-electron chi connectivity index (χ0n) is 30.3. The molecule has 11 heteroatoms. The Morgan fingerprint density at radius 2 is 1.20 bits per heavy atom. The third-order valence-corrected chi connectivity index (χ3v) is 10.5. The first-order valence-electron chi connectivity index (χ1n) is 18.6. The van der Waals surface area contributed by atoms with Crippen LogP contribution in [0.3, 0.4) is 0 Å². The molecule has 0 aromatic heterocycles. The molecule has 0 bridgehead atoms. The molecule has 49 heavy (non-hydrogen) atoms. The summed E-state index contributed by atoms with van der Waals surface area (Å²) >= 11 is 0. The lowest BCUT2D eigenvalue weighted by molar-refractivity contribution is -0.151. The molecule has 4 atom stereocenters. The number of esters is 2. The molecule has 4 aliphatic rings. The van der Waals surface area contributed by atoms with Gasteiger partial charge in [-0.3, -0.25) is 19.4 Å². The topological polar surface area (TPSA) is 116 Å². The van der Waals surface area contributed by atoms with Crippen molar-refractivity contribution in [3.63, 3.8) is 0 Å². The van der Waals surface area contributed by atoms with Crippen LogP contribution in [0.2, 0.25) is 0 Å². The molecule has 0 spiro atoms. The number of carbonyl (C=O) groups excluding carboxylic acids is 2. The number of rotatable bonds is 15. The van der Waals surface area contributed by atoms with E-state index in [9.17, 15) is 14.7 Å². The second-order valence-electron chi connectivity index (χ2n) is 14.2. The highest BCUT2D eigenvalue weighted by molar-refractivity contribution is 5.72. The molecule has 1 N–H and O–H groups in total. The average molecular weight is 691 g/mol. The van der Waals surface area contributed by atoms with E-state index in [1.165, 1.54) is 0 Å². The summed E-state index contributed by atoms with van der Waals surface area (Å²) in [7, 11) is 4.15. The monoisotopic (exact) mass is 690 g/mol. The molecule has 0 radical (unpaired) electrons. The molecular weight excluding hydrogens is 628 g/mol. The lowest BCUT2D eigenvalue weighted by atomic mass is 9.87. The number of benzene rings is 1. The molecule has 11 nitrogen and oxygen atoms in total. The Balaban J connectivity index is 0.000000237. The molecule has 1 aromatic rings. The van der Waals surface area contributed by atoms with Crippen LogP contribution in [0.1, 0.15) is 83.6 Å². The predicted octanol–water partition coefficient (Wildman–Crippen LogP) is 4.58. The summed E-state index contributed by atoms with van der Waals surface area (Å²) in [6.45, 7) is 8.56. The Morgan fingerprint density at radius 1 is 0.694 bits per heavy atom. The maximum absolute atomic E-state index is 11.8. The van der Waals surface area contributed by atoms with E-state index < -0.39 is 0 Å². The molecular formula is C38H62N2O9. The van der Waals surface area contributed by atoms with Crippen molar-refractivity contribution in [3.8, 4) is 0 Å². The third-order valence-electron chi connectivity index (χ3n) is 10.5. The van der Waals surface area contributed by atoms with E-state index in [2.05, 4.69) is 29.0 Å². The number of likely N-dealkylation sites (N-methyl/N-ethyl adjacent to an activating group) is 2. The van der Waals surface area contributed by atoms with Crippen molar-refractivity contribution < 1.29 is 43.1 Å². The van der Waals surface area contributed by atoms with Gasteiger partial charge in [0, 0.05) is 25.2 Å². The fraction of sp³-hybridized carbons (Fsp3) is 0.789. The van der Waals surface area contributed by atoms with Gasteiger partial charge in [0.05, 0.1) is 69.3 Å². The summed E-state index contributed by atoms with van der Waals surface area (Å²) in [5, 5.41) is 9.60. The Labute approximate surface area is 293 Å². The van der Waals surface area contributed by atoms with E-state index in [1.54, 1.807) is 0 Å². The van der Waals surface area contributed by atoms with Gasteiger partial charge in [-0.15, -0.1) is 0 Å². The van der Waals surface area contributed by atoms with Crippen molar-refractivity contribution in [2.75, 3.05) is 60.4 Å². The van der Waals surface area contributed by atoms with Gasteiger partial charge >= 0.3 is 11.9 Å². The highest BCUT2D eigenvalue weighted by atomic mass is 16.7. The highest BCUT2D eigenvalue weighted by Gasteiger charge is 2.33. The number of aliphatic hydroxyl groups is 1. The van der Waals surface area contributed by atoms with E-state index in [0.717, 1.165) is 89.5 Å². The lowest BCUT2D eigenvalue weighted by Gasteiger charge is -2.29. The minimum Gasteiger partial charge on any atom is -0.466 e. The Bertz CT molecular complexity index is 1080. The Kier molecular flexibility index (Phi) is 17.2. The van der Waals surface area contributed by atoms with Gasteiger partial charge in [0.2, 0.25) is 0 Å². The van der Waals surface area contributed by atoms with Crippen LogP contribution in [0.25, 0.3) is 0 Å². The maximum Gasteiger partial charge on any atom is 0.308 e. The summed E-state index contributed by atoms with van der Waals surface area (Å²) in [6, 6.07) is 10.8. The number of nitrogens with zero attached hydrogens (tertiary/aromatic N) is 2. The molecule has 2 aliphatic carbocycles. The van der Waals surface area contributed by atoms with Crippen LogP contribution in [0.15, 0.2) is 30.3 Å². The zero-order valence-corrected chi connectivity index (χ0v) is 30.3. The van der Waals surface area contributed by atoms with Gasteiger partial charge in [0.25, 0.3) is 0 Å². The van der Waals surface area contributed by atoms with Crippen molar-refractivity contribution in [3.05, 3.63) is 35.9 Å². The van der Waals surface area contributed by atoms with Crippen LogP contribution in [0.4, 0.5) is 0 Å². The summed E-state index contributed by atoms with van der Waals surface area (Å²) in [4.78, 5) is 28.0. The first-order valence-corrected chi connectivity index (χ1v) is 18.6. The van der Waals surface area contributed by atoms with E-state index in [-0.39, 0.29) is 48.2 Å². The van der Waals surface area contributed by atoms with Gasteiger partial charge < -0.3 is 33.5 Å². The molecule has 2 aliphatic heterocycles. The minimum atomic E-state index is -0.215. The first kappa shape index (κ1) is 39.7. The third kappa shape index (κ3) is 13.5. The van der Waals surface area contributed by atoms with Gasteiger partial charge in [-0.2, -0.15) is 0 Å². The largest absolute Gasteiger partial charge is 0.466 e. The summed E-state index contributed by atoms with van der Waals surface area (Å²) in [5.41, 5.74) is 1.16. The molecule has 1 aromatic carbocycles. The standard InChI is InChI=1S/C23H35NO5.C15H27NO4/c1-3-27-23(25)19-9-11-21(12-10-19)28-16-20-13-22(14-24(20)2)29-17-26-15-18-7-5-4-6-8-18;1-3-19-15(18)11-4-6-14(7-5-11)20-10-12-8-13(17)9-16(12)2/h4-8,19-22H,3,9-17H2,1-2H3;11-14,17H,3-10H2,1-2H3/t19?,20-,21?,22+;11?,12-,13+,14?/m00/s1. The molecule has 2 heterocycles. The summed E-state index contributed by atoms with van der Waals surface area (Å²) in [6.07, 6.45) is 9.46. The minimum absolute atomic E-state index is 0.0454. The fourth-order valence-electron chi connectivity index (χ4n) is 7.41. The van der Waals surface area contributed by atoms with Crippen molar-refractivity contribution >= 4 is 11.9 Å². The molecule has 278 valence electrons. The van der Waals surface area contributed by atoms with E-state index in [0.29, 0.717) is 45.3 Å². The number of carbonyl (C=O) groups is 2. The molecule has 5 rings (SSSR count). The molecule has 0 amide bonds. The van der Waals surface area contributed by atoms with Gasteiger partial charge in [0.15, 0.2) is 0 Å². The first-order chi connectivity index (χ1) is 23.7. The zero-order chi connectivity index (χ0) is 35.0. The van der Waals surface area contributed by atoms with Crippen LogP contribution in [0.5, 0.6) is 0 Å². The normalized spacial score (nSPS) is 30.8. The van der Waals surface area contributed by atoms with Crippen molar-refractivity contribution in [2.24, 2.45) is 11.8 Å². The molecule has 4 fully saturated rings. The predicted molar refractivity (Wildman–Crippen MR) is 186 cm³/mol. The smallest absolute Gasteiger partial charge is 0.308 e. The van der Waals surface area contributed by atoms with Crippen LogP contribution >= 0.6 is 0 Å². The van der Waals surface area contributed by atoms with Gasteiger partial charge in [-0.1, -0.05) is 30.3 Å². The SMILES string of the molecule is CCOC(=O)C1CCC(OC[C@@H]2C[C@@H](O)CN2C)CC1.CCOC(=O)C1CCC(OC[C@@H]2C[C@@H](OCOCc3ccccc3)CN2C)CC1. The quantitative estimate of drug-likeness (QED) is 0.159. The highest BCUT2D eigenvalue weighted by Crippen LogP contribution is 2.29. The van der Waals surface area contributed by atoms with Gasteiger partial charge in [-0.25, -0.2) is 0 Å². The summed E-state index contributed by atoms with van der Waals surface area (Å²) < 4.78 is 33.9. The van der Waals surface area contributed by atoms with Crippen LogP contribution < -0.4 is 0 Å². The number of ether oxygens (including phenoxy) is 6. The number of likely N-dealkylation sites (tertiary alicyclic amines) is 2. The van der Waals surface area contributed by atoms with Crippen molar-refractivity contribution in [2.45, 2.75) is 121 Å². The number of β-amino-alcohol motifs (C(OH)–C–C–N with tert-alkyl or cyclic N) is 1. The van der Waals surface area contributed by atoms with Crippen molar-refractivity contribution in [1.29, 1.82) is 0 Å². The second-order valence-corrected chi connectivity index (χ2v) is 14.2. The average Bonchev–Trinajstić information content (AvgIpc) is 3.64. The van der Waals surface area contributed by atoms with Crippen LogP contribution in [0, 0.1) is 11.8 Å². The fourth-order valence-corrected chi connectivity index (χ4v) is 7.41. The van der Waals surface area contributed by atoms with Crippen LogP contribution in [-0.4, -0.2) is 124 Å². The second kappa shape index (κ2) is 21.3. The summed E-state index contributed by atoms with van der Waals surface area (Å²) in [5.74, 6) is 0.0175. The number of hydrogen-bond donors (Lipinski definition) is 1. The van der Waals surface area contributed by atoms with Crippen LogP contribution in [-0.2, 0) is 44.6 Å². The molecule has 2 saturated heterocycles. The van der Waals surface area contributed by atoms with E-state index in [1.807, 2.05) is 39.1 Å². The van der Waals surface area contributed by atoms with E-state index >= 15 is 0 Å². The van der Waals surface area contributed by atoms with Gasteiger partial charge in [-0.05, 0) is 97.7 Å². The Hall–Kier alpha value is -2.12. The molecule has 0 unspecified atom stereocenters. The van der Waals surface area contributed by atoms with Gasteiger partial charge in [0.1, 0.15) is 6.79 Å². The maximum atomic E-state index is 11.8. The van der Waals surface area contributed by atoms with E-state index in [4.69, 9.17) is 28.4 Å².